The summed E-state index contributed by atoms with van der Waals surface area (Å²) in [6.45, 7) is 1.79. The van der Waals surface area contributed by atoms with Gasteiger partial charge in [-0.1, -0.05) is 12.1 Å². The Morgan fingerprint density at radius 3 is 2.80 bits per heavy atom. The van der Waals surface area contributed by atoms with Gasteiger partial charge in [-0.2, -0.15) is 0 Å². The fraction of sp³-hybridized carbons (Fsp3) is 0.538. The molecule has 1 nitrogen and oxygen atoms in total. The van der Waals surface area contributed by atoms with Crippen molar-refractivity contribution in [3.8, 4) is 0 Å². The molecule has 0 radical (unpaired) electrons. The van der Waals surface area contributed by atoms with Crippen LogP contribution in [0.2, 0.25) is 0 Å². The predicted octanol–water partition coefficient (Wildman–Crippen LogP) is 3.18. The van der Waals surface area contributed by atoms with Gasteiger partial charge in [-0.3, -0.25) is 0 Å². The highest BCUT2D eigenvalue weighted by Gasteiger charge is 2.13. The number of ether oxygens (including phenoxy) is 1. The molecule has 0 aliphatic carbocycles. The Bertz CT molecular complexity index is 305. The quantitative estimate of drug-likeness (QED) is 0.741. The van der Waals surface area contributed by atoms with Crippen LogP contribution in [0.25, 0.3) is 0 Å². The van der Waals surface area contributed by atoms with Crippen LogP contribution in [0.1, 0.15) is 24.8 Å². The van der Waals surface area contributed by atoms with Gasteiger partial charge in [0.2, 0.25) is 0 Å². The van der Waals surface area contributed by atoms with Crippen molar-refractivity contribution in [2.45, 2.75) is 25.7 Å². The highest BCUT2D eigenvalue weighted by molar-refractivity contribution is 5.16. The first-order chi connectivity index (χ1) is 7.34. The molecule has 1 fully saturated rings. The Balaban J connectivity index is 1.81. The number of hydrogen-bond acceptors (Lipinski definition) is 1. The lowest BCUT2D eigenvalue weighted by atomic mass is 9.93. The molecule has 1 heterocycles. The highest BCUT2D eigenvalue weighted by atomic mass is 19.1. The van der Waals surface area contributed by atoms with Crippen LogP contribution in [-0.2, 0) is 11.2 Å². The van der Waals surface area contributed by atoms with Gasteiger partial charge in [-0.25, -0.2) is 4.39 Å². The Kier molecular flexibility index (Phi) is 3.73. The van der Waals surface area contributed by atoms with Crippen molar-refractivity contribution in [1.29, 1.82) is 0 Å². The molecule has 0 bridgehead atoms. The molecule has 2 heteroatoms. The second-order valence-electron chi connectivity index (χ2n) is 4.22. The van der Waals surface area contributed by atoms with Crippen LogP contribution in [-0.4, -0.2) is 13.2 Å². The maximum absolute atomic E-state index is 12.9. The molecule has 1 aromatic rings. The highest BCUT2D eigenvalue weighted by Crippen LogP contribution is 2.20. The largest absolute Gasteiger partial charge is 0.381 e. The van der Waals surface area contributed by atoms with Gasteiger partial charge in [-0.05, 0) is 49.3 Å². The van der Waals surface area contributed by atoms with E-state index < -0.39 is 0 Å². The molecule has 1 aliphatic heterocycles. The van der Waals surface area contributed by atoms with E-state index in [1.165, 1.54) is 6.07 Å². The van der Waals surface area contributed by atoms with Crippen molar-refractivity contribution in [3.05, 3.63) is 35.6 Å². The van der Waals surface area contributed by atoms with Gasteiger partial charge < -0.3 is 4.74 Å². The van der Waals surface area contributed by atoms with Crippen molar-refractivity contribution < 1.29 is 9.13 Å². The monoisotopic (exact) mass is 208 g/mol. The van der Waals surface area contributed by atoms with Gasteiger partial charge in [0, 0.05) is 13.2 Å². The zero-order valence-corrected chi connectivity index (χ0v) is 8.92. The average Bonchev–Trinajstić information content (AvgIpc) is 2.28. The number of rotatable bonds is 3. The van der Waals surface area contributed by atoms with E-state index in [1.54, 1.807) is 12.1 Å². The summed E-state index contributed by atoms with van der Waals surface area (Å²) in [5.41, 5.74) is 1.11. The average molecular weight is 208 g/mol. The third-order valence-electron chi connectivity index (χ3n) is 3.07. The molecule has 0 spiro atoms. The number of hydrogen-bond donors (Lipinski definition) is 0. The molecule has 2 rings (SSSR count). The van der Waals surface area contributed by atoms with Gasteiger partial charge in [-0.15, -0.1) is 0 Å². The molecule has 0 aromatic heterocycles. The second kappa shape index (κ2) is 5.26. The topological polar surface area (TPSA) is 9.23 Å². The van der Waals surface area contributed by atoms with Crippen LogP contribution in [0.5, 0.6) is 0 Å². The number of aryl methyl sites for hydroxylation is 1. The summed E-state index contributed by atoms with van der Waals surface area (Å²) in [6, 6.07) is 6.92. The van der Waals surface area contributed by atoms with Crippen LogP contribution in [0, 0.1) is 11.7 Å². The third kappa shape index (κ3) is 3.31. The Labute approximate surface area is 90.3 Å². The molecule has 0 unspecified atom stereocenters. The maximum atomic E-state index is 12.9. The van der Waals surface area contributed by atoms with Gasteiger partial charge in [0.05, 0.1) is 0 Å². The molecule has 1 saturated heterocycles. The molecule has 0 saturated carbocycles. The minimum absolute atomic E-state index is 0.125. The third-order valence-corrected chi connectivity index (χ3v) is 3.07. The zero-order valence-electron chi connectivity index (χ0n) is 8.92. The van der Waals surface area contributed by atoms with Crippen LogP contribution < -0.4 is 0 Å². The molecule has 1 aliphatic rings. The van der Waals surface area contributed by atoms with Crippen LogP contribution in [0.3, 0.4) is 0 Å². The standard InChI is InChI=1S/C13H17FO/c14-13-3-1-2-12(10-13)5-4-11-6-8-15-9-7-11/h1-3,10-11H,4-9H2. The Hall–Kier alpha value is -0.890. The van der Waals surface area contributed by atoms with E-state index in [4.69, 9.17) is 4.74 Å². The summed E-state index contributed by atoms with van der Waals surface area (Å²) in [4.78, 5) is 0. The molecule has 82 valence electrons. The van der Waals surface area contributed by atoms with E-state index in [-0.39, 0.29) is 5.82 Å². The molecular weight excluding hydrogens is 191 g/mol. The van der Waals surface area contributed by atoms with Gasteiger partial charge in [0.1, 0.15) is 5.82 Å². The van der Waals surface area contributed by atoms with E-state index in [9.17, 15) is 4.39 Å². The summed E-state index contributed by atoms with van der Waals surface area (Å²) in [6.07, 6.45) is 4.47. The van der Waals surface area contributed by atoms with Gasteiger partial charge in [0.15, 0.2) is 0 Å². The minimum Gasteiger partial charge on any atom is -0.381 e. The molecule has 0 amide bonds. The normalized spacial score (nSPS) is 17.9. The van der Waals surface area contributed by atoms with Crippen molar-refractivity contribution in [2.24, 2.45) is 5.92 Å². The zero-order chi connectivity index (χ0) is 10.5. The van der Waals surface area contributed by atoms with Crippen molar-refractivity contribution in [2.75, 3.05) is 13.2 Å². The summed E-state index contributed by atoms with van der Waals surface area (Å²) < 4.78 is 18.2. The van der Waals surface area contributed by atoms with Gasteiger partial charge in [0.25, 0.3) is 0 Å². The Morgan fingerprint density at radius 1 is 1.27 bits per heavy atom. The van der Waals surface area contributed by atoms with Crippen LogP contribution in [0.15, 0.2) is 24.3 Å². The summed E-state index contributed by atoms with van der Waals surface area (Å²) in [5, 5.41) is 0. The lowest BCUT2D eigenvalue weighted by Gasteiger charge is -2.21. The fourth-order valence-corrected chi connectivity index (χ4v) is 2.10. The lowest BCUT2D eigenvalue weighted by Crippen LogP contribution is -2.16. The molecular formula is C13H17FO. The lowest BCUT2D eigenvalue weighted by molar-refractivity contribution is 0.0640. The summed E-state index contributed by atoms with van der Waals surface area (Å²) >= 11 is 0. The first-order valence-corrected chi connectivity index (χ1v) is 5.67. The van der Waals surface area contributed by atoms with Crippen molar-refractivity contribution in [3.63, 3.8) is 0 Å². The summed E-state index contributed by atoms with van der Waals surface area (Å²) in [5.74, 6) is 0.640. The molecule has 0 atom stereocenters. The van der Waals surface area contributed by atoms with Crippen LogP contribution in [0.4, 0.5) is 4.39 Å². The second-order valence-corrected chi connectivity index (χ2v) is 4.22. The van der Waals surface area contributed by atoms with E-state index in [0.29, 0.717) is 0 Å². The van der Waals surface area contributed by atoms with Crippen molar-refractivity contribution in [1.82, 2.24) is 0 Å². The van der Waals surface area contributed by atoms with Gasteiger partial charge >= 0.3 is 0 Å². The fourth-order valence-electron chi connectivity index (χ4n) is 2.10. The van der Waals surface area contributed by atoms with Crippen molar-refractivity contribution >= 4 is 0 Å². The van der Waals surface area contributed by atoms with E-state index in [0.717, 1.165) is 50.4 Å². The first-order valence-electron chi connectivity index (χ1n) is 5.67. The van der Waals surface area contributed by atoms with Crippen LogP contribution >= 0.6 is 0 Å². The van der Waals surface area contributed by atoms with E-state index in [2.05, 4.69) is 0 Å². The van der Waals surface area contributed by atoms with E-state index in [1.807, 2.05) is 6.07 Å². The SMILES string of the molecule is Fc1cccc(CCC2CCOCC2)c1. The maximum Gasteiger partial charge on any atom is 0.123 e. The number of halogens is 1. The smallest absolute Gasteiger partial charge is 0.123 e. The predicted molar refractivity (Wildman–Crippen MR) is 58.3 cm³/mol. The molecule has 0 N–H and O–H groups in total. The number of benzene rings is 1. The van der Waals surface area contributed by atoms with E-state index >= 15 is 0 Å². The summed E-state index contributed by atoms with van der Waals surface area (Å²) in [7, 11) is 0. The minimum atomic E-state index is -0.125. The molecule has 15 heavy (non-hydrogen) atoms. The Morgan fingerprint density at radius 2 is 2.07 bits per heavy atom. The first kappa shape index (κ1) is 10.6. The molecule has 1 aromatic carbocycles.